The Labute approximate surface area is 158 Å². The maximum Gasteiger partial charge on any atom is 0.120 e. The van der Waals surface area contributed by atoms with Crippen molar-refractivity contribution in [3.63, 3.8) is 0 Å². The van der Waals surface area contributed by atoms with Crippen LogP contribution in [0.3, 0.4) is 0 Å². The summed E-state index contributed by atoms with van der Waals surface area (Å²) in [6.45, 7) is 17.7. The summed E-state index contributed by atoms with van der Waals surface area (Å²) in [7, 11) is 0. The molecule has 1 aliphatic rings. The molecule has 0 spiro atoms. The SMILES string of the molecule is CC(C)(C)c1cc(C(C)(C)C)c2cc(OCCN3CCCC3)ccc2n1. The summed E-state index contributed by atoms with van der Waals surface area (Å²) in [5.41, 5.74) is 3.67. The van der Waals surface area contributed by atoms with Gasteiger partial charge in [0.25, 0.3) is 0 Å². The molecule has 0 saturated carbocycles. The molecule has 1 aliphatic heterocycles. The van der Waals surface area contributed by atoms with Crippen LogP contribution in [0.1, 0.15) is 65.6 Å². The zero-order valence-electron chi connectivity index (χ0n) is 17.4. The van der Waals surface area contributed by atoms with Gasteiger partial charge in [0, 0.05) is 23.0 Å². The molecule has 1 fully saturated rings. The zero-order valence-corrected chi connectivity index (χ0v) is 17.4. The van der Waals surface area contributed by atoms with Gasteiger partial charge in [-0.05, 0) is 61.2 Å². The van der Waals surface area contributed by atoms with Gasteiger partial charge in [-0.1, -0.05) is 41.5 Å². The van der Waals surface area contributed by atoms with Crippen LogP contribution in [-0.2, 0) is 10.8 Å². The highest BCUT2D eigenvalue weighted by Crippen LogP contribution is 2.34. The number of nitrogens with zero attached hydrogens (tertiary/aromatic N) is 2. The lowest BCUT2D eigenvalue weighted by Gasteiger charge is -2.26. The van der Waals surface area contributed by atoms with Crippen LogP contribution in [0, 0.1) is 0 Å². The van der Waals surface area contributed by atoms with Gasteiger partial charge in [0.2, 0.25) is 0 Å². The third-order valence-corrected chi connectivity index (χ3v) is 5.23. The molecule has 2 aromatic rings. The molecule has 142 valence electrons. The quantitative estimate of drug-likeness (QED) is 0.744. The van der Waals surface area contributed by atoms with Crippen molar-refractivity contribution in [3.05, 3.63) is 35.5 Å². The summed E-state index contributed by atoms with van der Waals surface area (Å²) >= 11 is 0. The number of hydrogen-bond donors (Lipinski definition) is 0. The van der Waals surface area contributed by atoms with Crippen molar-refractivity contribution >= 4 is 10.9 Å². The summed E-state index contributed by atoms with van der Waals surface area (Å²) in [5, 5.41) is 1.21. The molecule has 0 amide bonds. The molecular weight excluding hydrogens is 320 g/mol. The first-order valence-corrected chi connectivity index (χ1v) is 9.95. The molecular formula is C23H34N2O. The van der Waals surface area contributed by atoms with Crippen molar-refractivity contribution in [1.82, 2.24) is 9.88 Å². The minimum absolute atomic E-state index is 0.0408. The van der Waals surface area contributed by atoms with Crippen LogP contribution in [0.2, 0.25) is 0 Å². The van der Waals surface area contributed by atoms with Gasteiger partial charge in [-0.2, -0.15) is 0 Å². The largest absolute Gasteiger partial charge is 0.492 e. The van der Waals surface area contributed by atoms with Crippen molar-refractivity contribution in [1.29, 1.82) is 0 Å². The van der Waals surface area contributed by atoms with Crippen molar-refractivity contribution in [2.24, 2.45) is 0 Å². The summed E-state index contributed by atoms with van der Waals surface area (Å²) in [4.78, 5) is 7.43. The molecule has 0 unspecified atom stereocenters. The van der Waals surface area contributed by atoms with E-state index in [1.165, 1.54) is 36.9 Å². The number of rotatable bonds is 4. The van der Waals surface area contributed by atoms with Gasteiger partial charge in [-0.3, -0.25) is 9.88 Å². The Bertz CT molecular complexity index is 762. The van der Waals surface area contributed by atoms with Gasteiger partial charge in [0.05, 0.1) is 5.52 Å². The standard InChI is InChI=1S/C23H34N2O/c1-22(2,3)19-16-21(23(4,5)6)24-20-10-9-17(15-18(19)20)26-14-13-25-11-7-8-12-25/h9-10,15-16H,7-8,11-14H2,1-6H3. The van der Waals surface area contributed by atoms with Crippen molar-refractivity contribution in [2.75, 3.05) is 26.2 Å². The van der Waals surface area contributed by atoms with E-state index in [-0.39, 0.29) is 10.8 Å². The fourth-order valence-electron chi connectivity index (χ4n) is 3.60. The van der Waals surface area contributed by atoms with Gasteiger partial charge >= 0.3 is 0 Å². The molecule has 0 bridgehead atoms. The number of hydrogen-bond acceptors (Lipinski definition) is 3. The number of fused-ring (bicyclic) bond motifs is 1. The monoisotopic (exact) mass is 354 g/mol. The van der Waals surface area contributed by atoms with E-state index >= 15 is 0 Å². The fourth-order valence-corrected chi connectivity index (χ4v) is 3.60. The van der Waals surface area contributed by atoms with E-state index in [0.717, 1.165) is 30.1 Å². The molecule has 1 saturated heterocycles. The van der Waals surface area contributed by atoms with E-state index in [1.807, 2.05) is 0 Å². The predicted octanol–water partition coefficient (Wildman–Crippen LogP) is 5.30. The minimum atomic E-state index is 0.0408. The minimum Gasteiger partial charge on any atom is -0.492 e. The van der Waals surface area contributed by atoms with Gasteiger partial charge in [0.1, 0.15) is 12.4 Å². The number of likely N-dealkylation sites (tertiary alicyclic amines) is 1. The molecule has 0 aliphatic carbocycles. The average Bonchev–Trinajstić information content (AvgIpc) is 3.05. The van der Waals surface area contributed by atoms with Gasteiger partial charge in [-0.25, -0.2) is 0 Å². The second kappa shape index (κ2) is 7.19. The van der Waals surface area contributed by atoms with Crippen LogP contribution >= 0.6 is 0 Å². The molecule has 3 heteroatoms. The van der Waals surface area contributed by atoms with Crippen LogP contribution in [0.25, 0.3) is 10.9 Å². The van der Waals surface area contributed by atoms with E-state index in [2.05, 4.69) is 70.7 Å². The highest BCUT2D eigenvalue weighted by molar-refractivity contribution is 5.85. The Morgan fingerprint density at radius 2 is 1.65 bits per heavy atom. The first kappa shape index (κ1) is 19.2. The molecule has 3 nitrogen and oxygen atoms in total. The highest BCUT2D eigenvalue weighted by Gasteiger charge is 2.23. The molecule has 0 radical (unpaired) electrons. The first-order chi connectivity index (χ1) is 12.1. The second-order valence-corrected chi connectivity index (χ2v) is 9.63. The molecule has 1 aromatic carbocycles. The molecule has 0 N–H and O–H groups in total. The lowest BCUT2D eigenvalue weighted by atomic mass is 9.81. The number of ether oxygens (including phenoxy) is 1. The van der Waals surface area contributed by atoms with E-state index in [9.17, 15) is 0 Å². The summed E-state index contributed by atoms with van der Waals surface area (Å²) in [6, 6.07) is 8.65. The lowest BCUT2D eigenvalue weighted by molar-refractivity contribution is 0.238. The smallest absolute Gasteiger partial charge is 0.120 e. The van der Waals surface area contributed by atoms with Crippen molar-refractivity contribution in [2.45, 2.75) is 65.2 Å². The van der Waals surface area contributed by atoms with Gasteiger partial charge < -0.3 is 4.74 Å². The Hall–Kier alpha value is -1.61. The fraction of sp³-hybridized carbons (Fsp3) is 0.609. The summed E-state index contributed by atoms with van der Waals surface area (Å²) < 4.78 is 6.07. The Morgan fingerprint density at radius 1 is 0.962 bits per heavy atom. The van der Waals surface area contributed by atoms with Crippen LogP contribution in [-0.4, -0.2) is 36.1 Å². The van der Waals surface area contributed by atoms with Crippen LogP contribution in [0.4, 0.5) is 0 Å². The zero-order chi connectivity index (χ0) is 18.9. The highest BCUT2D eigenvalue weighted by atomic mass is 16.5. The summed E-state index contributed by atoms with van der Waals surface area (Å²) in [6.07, 6.45) is 2.65. The second-order valence-electron chi connectivity index (χ2n) is 9.63. The van der Waals surface area contributed by atoms with Gasteiger partial charge in [-0.15, -0.1) is 0 Å². The van der Waals surface area contributed by atoms with Crippen molar-refractivity contribution in [3.8, 4) is 5.75 Å². The topological polar surface area (TPSA) is 25.4 Å². The van der Waals surface area contributed by atoms with Gasteiger partial charge in [0.15, 0.2) is 0 Å². The van der Waals surface area contributed by atoms with E-state index in [0.29, 0.717) is 0 Å². The number of benzene rings is 1. The normalized spacial score (nSPS) is 16.4. The lowest BCUT2D eigenvalue weighted by Crippen LogP contribution is -2.25. The Balaban J connectivity index is 1.89. The van der Waals surface area contributed by atoms with Crippen LogP contribution < -0.4 is 4.74 Å². The number of pyridine rings is 1. The van der Waals surface area contributed by atoms with Crippen molar-refractivity contribution < 1.29 is 4.74 Å². The first-order valence-electron chi connectivity index (χ1n) is 9.95. The molecule has 3 rings (SSSR count). The molecule has 2 heterocycles. The third-order valence-electron chi connectivity index (χ3n) is 5.23. The third kappa shape index (κ3) is 4.37. The molecule has 0 atom stereocenters. The van der Waals surface area contributed by atoms with Crippen LogP contribution in [0.5, 0.6) is 5.75 Å². The Kier molecular flexibility index (Phi) is 5.30. The maximum atomic E-state index is 6.07. The van der Waals surface area contributed by atoms with E-state index in [1.54, 1.807) is 0 Å². The van der Waals surface area contributed by atoms with Crippen LogP contribution in [0.15, 0.2) is 24.3 Å². The van der Waals surface area contributed by atoms with E-state index in [4.69, 9.17) is 9.72 Å². The number of aromatic nitrogens is 1. The molecule has 26 heavy (non-hydrogen) atoms. The molecule has 1 aromatic heterocycles. The maximum absolute atomic E-state index is 6.07. The Morgan fingerprint density at radius 3 is 2.27 bits per heavy atom. The summed E-state index contributed by atoms with van der Waals surface area (Å²) in [5.74, 6) is 0.951. The van der Waals surface area contributed by atoms with E-state index < -0.39 is 0 Å². The predicted molar refractivity (Wildman–Crippen MR) is 110 cm³/mol. The average molecular weight is 355 g/mol.